The van der Waals surface area contributed by atoms with Crippen molar-refractivity contribution in [1.29, 1.82) is 0 Å². The number of carbonyl (C=O) groups excluding carboxylic acids is 2. The van der Waals surface area contributed by atoms with Gasteiger partial charge in [0.2, 0.25) is 0 Å². The van der Waals surface area contributed by atoms with Gasteiger partial charge in [-0.1, -0.05) is 30.3 Å². The summed E-state index contributed by atoms with van der Waals surface area (Å²) in [6.45, 7) is 3.77. The molecule has 0 spiro atoms. The average Bonchev–Trinajstić information content (AvgIpc) is 2.43. The number of hydrogen-bond donors (Lipinski definition) is 0. The highest BCUT2D eigenvalue weighted by Gasteiger charge is 2.29. The zero-order valence-electron chi connectivity index (χ0n) is 11.6. The molecule has 4 nitrogen and oxygen atoms in total. The Morgan fingerprint density at radius 1 is 1.16 bits per heavy atom. The SMILES string of the molecule is COC(=O)C(C)(C)CCC(=O)OCc1ccccc1. The van der Waals surface area contributed by atoms with E-state index in [1.165, 1.54) is 7.11 Å². The van der Waals surface area contributed by atoms with Crippen molar-refractivity contribution in [2.75, 3.05) is 7.11 Å². The van der Waals surface area contributed by atoms with Gasteiger partial charge in [-0.05, 0) is 25.8 Å². The summed E-state index contributed by atoms with van der Waals surface area (Å²) in [5.41, 5.74) is 0.281. The Morgan fingerprint density at radius 2 is 1.79 bits per heavy atom. The summed E-state index contributed by atoms with van der Waals surface area (Å²) in [7, 11) is 1.35. The van der Waals surface area contributed by atoms with Crippen molar-refractivity contribution in [3.63, 3.8) is 0 Å². The Hall–Kier alpha value is -1.84. The second-order valence-corrected chi connectivity index (χ2v) is 5.02. The molecule has 0 saturated heterocycles. The van der Waals surface area contributed by atoms with Gasteiger partial charge in [0.05, 0.1) is 12.5 Å². The monoisotopic (exact) mass is 264 g/mol. The average molecular weight is 264 g/mol. The number of rotatable bonds is 6. The molecule has 1 aromatic carbocycles. The maximum absolute atomic E-state index is 11.6. The molecule has 104 valence electrons. The third kappa shape index (κ3) is 5.12. The summed E-state index contributed by atoms with van der Waals surface area (Å²) in [5, 5.41) is 0. The van der Waals surface area contributed by atoms with Gasteiger partial charge in [0, 0.05) is 6.42 Å². The Labute approximate surface area is 113 Å². The molecule has 0 atom stereocenters. The zero-order valence-corrected chi connectivity index (χ0v) is 11.6. The molecule has 0 saturated carbocycles. The van der Waals surface area contributed by atoms with Crippen LogP contribution in [0.25, 0.3) is 0 Å². The van der Waals surface area contributed by atoms with Gasteiger partial charge in [-0.25, -0.2) is 0 Å². The molecule has 0 heterocycles. The third-order valence-electron chi connectivity index (χ3n) is 2.93. The van der Waals surface area contributed by atoms with Crippen molar-refractivity contribution >= 4 is 11.9 Å². The van der Waals surface area contributed by atoms with Crippen molar-refractivity contribution < 1.29 is 19.1 Å². The predicted octanol–water partition coefficient (Wildman–Crippen LogP) is 2.71. The van der Waals surface area contributed by atoms with Crippen LogP contribution >= 0.6 is 0 Å². The molecule has 0 unspecified atom stereocenters. The Morgan fingerprint density at radius 3 is 2.37 bits per heavy atom. The van der Waals surface area contributed by atoms with Gasteiger partial charge in [0.1, 0.15) is 6.61 Å². The number of esters is 2. The van der Waals surface area contributed by atoms with E-state index in [9.17, 15) is 9.59 Å². The number of carbonyl (C=O) groups is 2. The minimum atomic E-state index is -0.666. The van der Waals surface area contributed by atoms with Crippen LogP contribution in [0.4, 0.5) is 0 Å². The molecule has 0 bridgehead atoms. The molecule has 1 rings (SSSR count). The van der Waals surface area contributed by atoms with Crippen LogP contribution in [0.15, 0.2) is 30.3 Å². The molecule has 0 N–H and O–H groups in total. The highest BCUT2D eigenvalue weighted by atomic mass is 16.5. The van der Waals surface area contributed by atoms with E-state index < -0.39 is 5.41 Å². The molecule has 4 heteroatoms. The van der Waals surface area contributed by atoms with Crippen molar-refractivity contribution in [3.8, 4) is 0 Å². The highest BCUT2D eigenvalue weighted by molar-refractivity contribution is 5.77. The lowest BCUT2D eigenvalue weighted by molar-refractivity contribution is -0.152. The molecule has 19 heavy (non-hydrogen) atoms. The minimum Gasteiger partial charge on any atom is -0.469 e. The smallest absolute Gasteiger partial charge is 0.311 e. The van der Waals surface area contributed by atoms with E-state index in [2.05, 4.69) is 4.74 Å². The summed E-state index contributed by atoms with van der Waals surface area (Å²) < 4.78 is 9.83. The van der Waals surface area contributed by atoms with Gasteiger partial charge < -0.3 is 9.47 Å². The van der Waals surface area contributed by atoms with Crippen LogP contribution in [0, 0.1) is 5.41 Å². The Balaban J connectivity index is 2.34. The summed E-state index contributed by atoms with van der Waals surface area (Å²) in [6.07, 6.45) is 0.613. The second kappa shape index (κ2) is 6.92. The number of ether oxygens (including phenoxy) is 2. The zero-order chi connectivity index (χ0) is 14.3. The standard InChI is InChI=1S/C15H20O4/c1-15(2,14(17)18-3)10-9-13(16)19-11-12-7-5-4-6-8-12/h4-8H,9-11H2,1-3H3. The van der Waals surface area contributed by atoms with E-state index in [0.29, 0.717) is 6.42 Å². The van der Waals surface area contributed by atoms with E-state index in [-0.39, 0.29) is 25.0 Å². The molecule has 0 radical (unpaired) electrons. The van der Waals surface area contributed by atoms with E-state index in [0.717, 1.165) is 5.56 Å². The molecular formula is C15H20O4. The van der Waals surface area contributed by atoms with Crippen molar-refractivity contribution in [2.24, 2.45) is 5.41 Å². The maximum Gasteiger partial charge on any atom is 0.311 e. The van der Waals surface area contributed by atoms with Crippen LogP contribution in [0.5, 0.6) is 0 Å². The van der Waals surface area contributed by atoms with E-state index in [1.807, 2.05) is 30.3 Å². The summed E-state index contributed by atoms with van der Waals surface area (Å²) in [6, 6.07) is 9.48. The minimum absolute atomic E-state index is 0.203. The molecule has 0 aliphatic carbocycles. The van der Waals surface area contributed by atoms with Crippen LogP contribution in [-0.2, 0) is 25.7 Å². The van der Waals surface area contributed by atoms with Gasteiger partial charge in [-0.3, -0.25) is 9.59 Å². The third-order valence-corrected chi connectivity index (χ3v) is 2.93. The van der Waals surface area contributed by atoms with Crippen LogP contribution in [-0.4, -0.2) is 19.0 Å². The van der Waals surface area contributed by atoms with Crippen molar-refractivity contribution in [1.82, 2.24) is 0 Å². The van der Waals surface area contributed by atoms with E-state index in [4.69, 9.17) is 4.74 Å². The predicted molar refractivity (Wildman–Crippen MR) is 71.3 cm³/mol. The first-order valence-corrected chi connectivity index (χ1v) is 6.23. The van der Waals surface area contributed by atoms with E-state index >= 15 is 0 Å². The van der Waals surface area contributed by atoms with Gasteiger partial charge in [-0.2, -0.15) is 0 Å². The number of benzene rings is 1. The fraction of sp³-hybridized carbons (Fsp3) is 0.467. The van der Waals surface area contributed by atoms with Gasteiger partial charge in [0.25, 0.3) is 0 Å². The maximum atomic E-state index is 11.6. The fourth-order valence-corrected chi connectivity index (χ4v) is 1.60. The largest absolute Gasteiger partial charge is 0.469 e. The number of hydrogen-bond acceptors (Lipinski definition) is 4. The van der Waals surface area contributed by atoms with Crippen molar-refractivity contribution in [2.45, 2.75) is 33.3 Å². The van der Waals surface area contributed by atoms with Crippen LogP contribution < -0.4 is 0 Å². The first kappa shape index (κ1) is 15.2. The first-order valence-electron chi connectivity index (χ1n) is 6.23. The van der Waals surface area contributed by atoms with Crippen LogP contribution in [0.3, 0.4) is 0 Å². The molecule has 0 amide bonds. The number of methoxy groups -OCH3 is 1. The molecule has 1 aromatic rings. The quantitative estimate of drug-likeness (QED) is 0.741. The normalized spacial score (nSPS) is 10.9. The lowest BCUT2D eigenvalue weighted by Gasteiger charge is -2.20. The first-order chi connectivity index (χ1) is 8.95. The Bertz CT molecular complexity index is 423. The van der Waals surface area contributed by atoms with Gasteiger partial charge in [0.15, 0.2) is 0 Å². The fourth-order valence-electron chi connectivity index (χ4n) is 1.60. The molecular weight excluding hydrogens is 244 g/mol. The summed E-state index contributed by atoms with van der Waals surface area (Å²) in [5.74, 6) is -0.621. The summed E-state index contributed by atoms with van der Waals surface area (Å²) in [4.78, 5) is 23.1. The molecule has 0 aliphatic rings. The lowest BCUT2D eigenvalue weighted by atomic mass is 9.88. The molecule has 0 aliphatic heterocycles. The summed E-state index contributed by atoms with van der Waals surface area (Å²) >= 11 is 0. The Kier molecular flexibility index (Phi) is 5.55. The van der Waals surface area contributed by atoms with Crippen LogP contribution in [0.1, 0.15) is 32.3 Å². The van der Waals surface area contributed by atoms with E-state index in [1.54, 1.807) is 13.8 Å². The second-order valence-electron chi connectivity index (χ2n) is 5.02. The highest BCUT2D eigenvalue weighted by Crippen LogP contribution is 2.24. The lowest BCUT2D eigenvalue weighted by Crippen LogP contribution is -2.26. The van der Waals surface area contributed by atoms with Crippen molar-refractivity contribution in [3.05, 3.63) is 35.9 Å². The molecule has 0 fully saturated rings. The van der Waals surface area contributed by atoms with Crippen LogP contribution in [0.2, 0.25) is 0 Å². The molecule has 0 aromatic heterocycles. The van der Waals surface area contributed by atoms with Gasteiger partial charge >= 0.3 is 11.9 Å². The topological polar surface area (TPSA) is 52.6 Å². The van der Waals surface area contributed by atoms with Gasteiger partial charge in [-0.15, -0.1) is 0 Å².